The molecule has 1 aromatic heterocycles. The van der Waals surface area contributed by atoms with Gasteiger partial charge < -0.3 is 15.2 Å². The zero-order chi connectivity index (χ0) is 21.7. The van der Waals surface area contributed by atoms with E-state index in [0.717, 1.165) is 31.2 Å². The molecule has 1 aliphatic carbocycles. The molecule has 1 unspecified atom stereocenters. The quantitative estimate of drug-likeness (QED) is 0.734. The highest BCUT2D eigenvalue weighted by molar-refractivity contribution is 5.94. The number of nitrogens with zero attached hydrogens (tertiary/aromatic N) is 1. The molecule has 0 saturated heterocycles. The molecule has 0 radical (unpaired) electrons. The predicted molar refractivity (Wildman–Crippen MR) is 118 cm³/mol. The largest absolute Gasteiger partial charge is 0.352 e. The van der Waals surface area contributed by atoms with Crippen molar-refractivity contribution in [2.24, 2.45) is 0 Å². The third kappa shape index (κ3) is 5.59. The maximum absolute atomic E-state index is 12.7. The minimum atomic E-state index is -0.301. The second-order valence-electron chi connectivity index (χ2n) is 8.45. The molecule has 0 aliphatic heterocycles. The Kier molecular flexibility index (Phi) is 7.08. The zero-order valence-electron chi connectivity index (χ0n) is 18.0. The number of hydrogen-bond acceptors (Lipinski definition) is 3. The van der Waals surface area contributed by atoms with Crippen molar-refractivity contribution in [3.63, 3.8) is 0 Å². The molecule has 1 heterocycles. The second-order valence-corrected chi connectivity index (χ2v) is 8.45. The van der Waals surface area contributed by atoms with Gasteiger partial charge in [-0.3, -0.25) is 14.4 Å². The van der Waals surface area contributed by atoms with Crippen molar-refractivity contribution in [1.29, 1.82) is 0 Å². The summed E-state index contributed by atoms with van der Waals surface area (Å²) < 4.78 is 1.29. The SMILES string of the molecule is CC(C)c1ccc(C(C)NC(=O)c2ccc(=O)n(CC(=O)NC3CCCC3)c2)cc1. The fraction of sp³-hybridized carbons (Fsp3) is 0.458. The van der Waals surface area contributed by atoms with Crippen molar-refractivity contribution < 1.29 is 9.59 Å². The Bertz CT molecular complexity index is 941. The van der Waals surface area contributed by atoms with E-state index >= 15 is 0 Å². The van der Waals surface area contributed by atoms with Crippen LogP contribution >= 0.6 is 0 Å². The smallest absolute Gasteiger partial charge is 0.253 e. The van der Waals surface area contributed by atoms with Crippen LogP contribution in [0.3, 0.4) is 0 Å². The Morgan fingerprint density at radius 3 is 2.27 bits per heavy atom. The van der Waals surface area contributed by atoms with E-state index in [1.54, 1.807) is 0 Å². The third-order valence-electron chi connectivity index (χ3n) is 5.73. The number of amides is 2. The minimum Gasteiger partial charge on any atom is -0.352 e. The molecule has 6 heteroatoms. The number of pyridine rings is 1. The summed E-state index contributed by atoms with van der Waals surface area (Å²) in [7, 11) is 0. The summed E-state index contributed by atoms with van der Waals surface area (Å²) in [4.78, 5) is 37.1. The Balaban J connectivity index is 1.64. The highest BCUT2D eigenvalue weighted by Gasteiger charge is 2.18. The summed E-state index contributed by atoms with van der Waals surface area (Å²) in [5.74, 6) is -0.0172. The standard InChI is InChI=1S/C24H31N3O3/c1-16(2)18-8-10-19(11-9-18)17(3)25-24(30)20-12-13-23(29)27(14-20)15-22(28)26-21-6-4-5-7-21/h8-14,16-17,21H,4-7,15H2,1-3H3,(H,25,30)(H,26,28). The van der Waals surface area contributed by atoms with E-state index in [1.807, 2.05) is 19.1 Å². The van der Waals surface area contributed by atoms with Crippen molar-refractivity contribution in [2.75, 3.05) is 0 Å². The lowest BCUT2D eigenvalue weighted by Gasteiger charge is -2.16. The molecule has 160 valence electrons. The lowest BCUT2D eigenvalue weighted by Crippen LogP contribution is -2.37. The van der Waals surface area contributed by atoms with Gasteiger partial charge in [-0.15, -0.1) is 0 Å². The van der Waals surface area contributed by atoms with Gasteiger partial charge in [0.2, 0.25) is 5.91 Å². The van der Waals surface area contributed by atoms with Gasteiger partial charge in [0.15, 0.2) is 0 Å². The van der Waals surface area contributed by atoms with Crippen LogP contribution in [0.15, 0.2) is 47.4 Å². The van der Waals surface area contributed by atoms with Gasteiger partial charge in [0.1, 0.15) is 6.54 Å². The van der Waals surface area contributed by atoms with Gasteiger partial charge in [-0.2, -0.15) is 0 Å². The first-order chi connectivity index (χ1) is 14.3. The Morgan fingerprint density at radius 2 is 1.63 bits per heavy atom. The van der Waals surface area contributed by atoms with Crippen molar-refractivity contribution in [3.8, 4) is 0 Å². The van der Waals surface area contributed by atoms with E-state index in [0.29, 0.717) is 11.5 Å². The summed E-state index contributed by atoms with van der Waals surface area (Å²) in [6, 6.07) is 11.0. The van der Waals surface area contributed by atoms with E-state index in [4.69, 9.17) is 0 Å². The molecule has 1 saturated carbocycles. The van der Waals surface area contributed by atoms with Gasteiger partial charge in [0.05, 0.1) is 11.6 Å². The first kappa shape index (κ1) is 21.8. The van der Waals surface area contributed by atoms with E-state index in [2.05, 4.69) is 36.6 Å². The number of carbonyl (C=O) groups is 2. The zero-order valence-corrected chi connectivity index (χ0v) is 18.0. The maximum atomic E-state index is 12.7. The average molecular weight is 410 g/mol. The van der Waals surface area contributed by atoms with Crippen molar-refractivity contribution in [2.45, 2.75) is 71.0 Å². The van der Waals surface area contributed by atoms with Crippen LogP contribution in [0, 0.1) is 0 Å². The number of rotatable bonds is 7. The van der Waals surface area contributed by atoms with E-state index in [9.17, 15) is 14.4 Å². The molecule has 6 nitrogen and oxygen atoms in total. The fourth-order valence-electron chi connectivity index (χ4n) is 3.82. The van der Waals surface area contributed by atoms with Crippen molar-refractivity contribution >= 4 is 11.8 Å². The first-order valence-corrected chi connectivity index (χ1v) is 10.7. The molecule has 1 atom stereocenters. The van der Waals surface area contributed by atoms with Crippen LogP contribution in [-0.4, -0.2) is 22.4 Å². The predicted octanol–water partition coefficient (Wildman–Crippen LogP) is 3.52. The summed E-state index contributed by atoms with van der Waals surface area (Å²) in [6.07, 6.45) is 5.68. The molecular weight excluding hydrogens is 378 g/mol. The van der Waals surface area contributed by atoms with Gasteiger partial charge in [0, 0.05) is 18.3 Å². The lowest BCUT2D eigenvalue weighted by atomic mass is 9.99. The van der Waals surface area contributed by atoms with Crippen LogP contribution in [0.25, 0.3) is 0 Å². The van der Waals surface area contributed by atoms with Crippen LogP contribution in [-0.2, 0) is 11.3 Å². The molecule has 2 aromatic rings. The molecule has 30 heavy (non-hydrogen) atoms. The van der Waals surface area contributed by atoms with Crippen LogP contribution in [0.2, 0.25) is 0 Å². The Hall–Kier alpha value is -2.89. The molecule has 1 aromatic carbocycles. The monoisotopic (exact) mass is 409 g/mol. The third-order valence-corrected chi connectivity index (χ3v) is 5.73. The van der Waals surface area contributed by atoms with Gasteiger partial charge in [0.25, 0.3) is 11.5 Å². The Morgan fingerprint density at radius 1 is 1.00 bits per heavy atom. The van der Waals surface area contributed by atoms with E-state index in [1.165, 1.54) is 28.5 Å². The van der Waals surface area contributed by atoms with Gasteiger partial charge in [-0.1, -0.05) is 51.0 Å². The molecule has 1 aliphatic rings. The molecule has 2 amide bonds. The average Bonchev–Trinajstić information content (AvgIpc) is 3.22. The molecule has 3 rings (SSSR count). The highest BCUT2D eigenvalue weighted by atomic mass is 16.2. The summed E-state index contributed by atoms with van der Waals surface area (Å²) in [5.41, 5.74) is 2.32. The van der Waals surface area contributed by atoms with Crippen molar-refractivity contribution in [3.05, 3.63) is 69.6 Å². The molecule has 0 spiro atoms. The Labute approximate surface area is 177 Å². The van der Waals surface area contributed by atoms with Gasteiger partial charge in [-0.05, 0) is 42.9 Å². The molecule has 0 bridgehead atoms. The number of nitrogens with one attached hydrogen (secondary N) is 2. The van der Waals surface area contributed by atoms with E-state index < -0.39 is 0 Å². The summed E-state index contributed by atoms with van der Waals surface area (Å²) in [6.45, 7) is 6.13. The van der Waals surface area contributed by atoms with Crippen LogP contribution < -0.4 is 16.2 Å². The lowest BCUT2D eigenvalue weighted by molar-refractivity contribution is -0.122. The first-order valence-electron chi connectivity index (χ1n) is 10.7. The molecular formula is C24H31N3O3. The van der Waals surface area contributed by atoms with Crippen LogP contribution in [0.1, 0.15) is 79.9 Å². The van der Waals surface area contributed by atoms with Gasteiger partial charge in [-0.25, -0.2) is 0 Å². The fourth-order valence-corrected chi connectivity index (χ4v) is 3.82. The van der Waals surface area contributed by atoms with Crippen molar-refractivity contribution in [1.82, 2.24) is 15.2 Å². The second kappa shape index (κ2) is 9.74. The van der Waals surface area contributed by atoms with E-state index in [-0.39, 0.29) is 36.0 Å². The van der Waals surface area contributed by atoms with Gasteiger partial charge >= 0.3 is 0 Å². The van der Waals surface area contributed by atoms with Crippen LogP contribution in [0.5, 0.6) is 0 Å². The summed E-state index contributed by atoms with van der Waals surface area (Å²) >= 11 is 0. The number of aromatic nitrogens is 1. The molecule has 2 N–H and O–H groups in total. The topological polar surface area (TPSA) is 80.2 Å². The maximum Gasteiger partial charge on any atom is 0.253 e. The number of carbonyl (C=O) groups excluding carboxylic acids is 2. The summed E-state index contributed by atoms with van der Waals surface area (Å²) in [5, 5.41) is 5.94. The number of hydrogen-bond donors (Lipinski definition) is 2. The van der Waals surface area contributed by atoms with Crippen LogP contribution in [0.4, 0.5) is 0 Å². The normalized spacial score (nSPS) is 15.2. The number of benzene rings is 1. The minimum absolute atomic E-state index is 0.0807. The highest BCUT2D eigenvalue weighted by Crippen LogP contribution is 2.19. The molecule has 1 fully saturated rings.